The summed E-state index contributed by atoms with van der Waals surface area (Å²) in [5.74, 6) is -0.709. The Labute approximate surface area is 214 Å². The van der Waals surface area contributed by atoms with E-state index >= 15 is 0 Å². The third-order valence-corrected chi connectivity index (χ3v) is 6.87. The van der Waals surface area contributed by atoms with Crippen LogP contribution in [0.25, 0.3) is 11.2 Å². The van der Waals surface area contributed by atoms with Gasteiger partial charge in [0.1, 0.15) is 16.9 Å². The monoisotopic (exact) mass is 593 g/mol. The number of alkyl halides is 6. The van der Waals surface area contributed by atoms with Crippen LogP contribution in [-0.2, 0) is 24.9 Å². The summed E-state index contributed by atoms with van der Waals surface area (Å²) in [5.41, 5.74) is 6.26. The van der Waals surface area contributed by atoms with E-state index in [1.54, 1.807) is 6.07 Å². The zero-order valence-electron chi connectivity index (χ0n) is 19.3. The predicted molar refractivity (Wildman–Crippen MR) is 119 cm³/mol. The van der Waals surface area contributed by atoms with Crippen LogP contribution in [-0.4, -0.2) is 65.2 Å². The van der Waals surface area contributed by atoms with Gasteiger partial charge in [-0.1, -0.05) is 11.8 Å². The van der Waals surface area contributed by atoms with Crippen LogP contribution < -0.4 is 10.5 Å². The molecule has 0 atom stereocenters. The first-order chi connectivity index (χ1) is 17.7. The van der Waals surface area contributed by atoms with Crippen LogP contribution in [0.5, 0.6) is 5.75 Å². The minimum absolute atomic E-state index is 0.0446. The molecular weight excluding hydrogens is 574 g/mol. The van der Waals surface area contributed by atoms with E-state index in [-0.39, 0.29) is 41.0 Å². The smallest absolute Gasteiger partial charge is 0.412 e. The van der Waals surface area contributed by atoms with Gasteiger partial charge in [0.25, 0.3) is 0 Å². The molecule has 0 aliphatic rings. The van der Waals surface area contributed by atoms with Gasteiger partial charge in [-0.25, -0.2) is 14.4 Å². The summed E-state index contributed by atoms with van der Waals surface area (Å²) >= 11 is 1.04. The number of ether oxygens (including phenoxy) is 2. The zero-order chi connectivity index (χ0) is 28.1. The van der Waals surface area contributed by atoms with E-state index in [4.69, 9.17) is 15.2 Å². The minimum Gasteiger partial charge on any atom is -0.494 e. The molecule has 10 nitrogen and oxygen atoms in total. The van der Waals surface area contributed by atoms with Crippen molar-refractivity contribution in [3.05, 3.63) is 30.3 Å². The molecule has 0 spiro atoms. The Morgan fingerprint density at radius 2 is 1.74 bits per heavy atom. The molecule has 0 saturated heterocycles. The summed E-state index contributed by atoms with van der Waals surface area (Å²) in [6.07, 6.45) is -9.78. The van der Waals surface area contributed by atoms with Gasteiger partial charge in [0.2, 0.25) is 5.95 Å². The molecule has 0 aliphatic carbocycles. The number of hydrogen-bond donors (Lipinski definition) is 1. The molecule has 0 amide bonds. The van der Waals surface area contributed by atoms with Crippen LogP contribution in [0, 0.1) is 5.82 Å². The minimum atomic E-state index is -4.96. The molecule has 3 rings (SSSR count). The van der Waals surface area contributed by atoms with Crippen LogP contribution in [0.15, 0.2) is 34.4 Å². The fourth-order valence-electron chi connectivity index (χ4n) is 2.79. The van der Waals surface area contributed by atoms with Gasteiger partial charge in [-0.15, -0.1) is 0 Å². The topological polar surface area (TPSA) is 124 Å². The Hall–Kier alpha value is -2.66. The van der Waals surface area contributed by atoms with Crippen molar-refractivity contribution < 1.29 is 53.8 Å². The first kappa shape index (κ1) is 29.9. The highest BCUT2D eigenvalue weighted by atomic mass is 32.2. The second-order valence-corrected chi connectivity index (χ2v) is 10.4. The molecule has 2 N–H and O–H groups in total. The van der Waals surface area contributed by atoms with E-state index in [1.165, 1.54) is 30.1 Å². The molecule has 0 saturated carbocycles. The molecule has 3 aromatic rings. The molecule has 210 valence electrons. The number of anilines is 1. The third kappa shape index (κ3) is 8.69. The van der Waals surface area contributed by atoms with E-state index < -0.39 is 45.3 Å². The number of methoxy groups -OCH3 is 1. The van der Waals surface area contributed by atoms with Crippen molar-refractivity contribution in [2.45, 2.75) is 28.8 Å². The quantitative estimate of drug-likeness (QED) is 0.132. The van der Waals surface area contributed by atoms with Gasteiger partial charge in [0.05, 0.1) is 20.0 Å². The van der Waals surface area contributed by atoms with E-state index in [0.717, 1.165) is 11.8 Å². The number of fused-ring (bicyclic) bond motifs is 1. The van der Waals surface area contributed by atoms with Crippen molar-refractivity contribution in [3.8, 4) is 5.75 Å². The first-order valence-electron chi connectivity index (χ1n) is 10.3. The van der Waals surface area contributed by atoms with Gasteiger partial charge in [0.15, 0.2) is 30.4 Å². The Morgan fingerprint density at radius 3 is 2.32 bits per heavy atom. The number of imidazole rings is 1. The standard InChI is InChI=1S/C19H19F7N5O5PS/c1-33-13-3-2-11(6-12(13)20)38-16-14-15(29-17(27)30-16)31(9-28-14)4-5-34-10-37(32,35-7-18(21,22)23)36-8-19(24,25)26/h2-3,6,9H,4-5,7-8,10H2,1H3,(H2,27,29,30). The number of nitrogen functional groups attached to an aromatic ring is 1. The zero-order valence-corrected chi connectivity index (χ0v) is 21.0. The number of aromatic nitrogens is 4. The molecule has 0 fully saturated rings. The number of benzene rings is 1. The summed E-state index contributed by atoms with van der Waals surface area (Å²) in [6.45, 7) is -4.61. The van der Waals surface area contributed by atoms with Crippen LogP contribution >= 0.6 is 19.4 Å². The lowest BCUT2D eigenvalue weighted by Gasteiger charge is -2.20. The van der Waals surface area contributed by atoms with E-state index in [0.29, 0.717) is 4.90 Å². The maximum atomic E-state index is 14.0. The van der Waals surface area contributed by atoms with Crippen molar-refractivity contribution in [1.29, 1.82) is 0 Å². The number of nitrogens with zero attached hydrogens (tertiary/aromatic N) is 4. The predicted octanol–water partition coefficient (Wildman–Crippen LogP) is 5.03. The third-order valence-electron chi connectivity index (χ3n) is 4.36. The van der Waals surface area contributed by atoms with Gasteiger partial charge in [0, 0.05) is 11.4 Å². The molecular formula is C19H19F7N5O5PS. The fourth-order valence-corrected chi connectivity index (χ4v) is 4.95. The Balaban J connectivity index is 1.68. The molecule has 0 unspecified atom stereocenters. The average Bonchev–Trinajstić information content (AvgIpc) is 3.21. The normalized spacial score (nSPS) is 12.8. The van der Waals surface area contributed by atoms with Gasteiger partial charge in [-0.05, 0) is 18.2 Å². The Bertz CT molecular complexity index is 1290. The lowest BCUT2D eigenvalue weighted by molar-refractivity contribution is -0.166. The Morgan fingerprint density at radius 1 is 1.08 bits per heavy atom. The van der Waals surface area contributed by atoms with Crippen LogP contribution in [0.2, 0.25) is 0 Å². The SMILES string of the molecule is COc1ccc(Sc2nc(N)nc3c2ncn3CCOCP(=O)(OCC(F)(F)F)OCC(F)(F)F)cc1F. The van der Waals surface area contributed by atoms with E-state index in [9.17, 15) is 35.3 Å². The summed E-state index contributed by atoms with van der Waals surface area (Å²) in [7, 11) is -3.59. The average molecular weight is 593 g/mol. The summed E-state index contributed by atoms with van der Waals surface area (Å²) in [5, 5.41) is 0.280. The van der Waals surface area contributed by atoms with Crippen molar-refractivity contribution >= 4 is 36.5 Å². The first-order valence-corrected chi connectivity index (χ1v) is 12.8. The van der Waals surface area contributed by atoms with Gasteiger partial charge >= 0.3 is 19.9 Å². The highest BCUT2D eigenvalue weighted by Gasteiger charge is 2.38. The molecule has 1 aromatic carbocycles. The van der Waals surface area contributed by atoms with Crippen molar-refractivity contribution in [1.82, 2.24) is 19.5 Å². The van der Waals surface area contributed by atoms with Gasteiger partial charge < -0.3 is 19.8 Å². The van der Waals surface area contributed by atoms with Crippen LogP contribution in [0.3, 0.4) is 0 Å². The lowest BCUT2D eigenvalue weighted by atomic mass is 10.3. The molecule has 19 heteroatoms. The summed E-state index contributed by atoms with van der Waals surface area (Å²) in [6, 6.07) is 4.23. The summed E-state index contributed by atoms with van der Waals surface area (Å²) in [4.78, 5) is 12.8. The second-order valence-electron chi connectivity index (χ2n) is 7.32. The molecule has 2 aromatic heterocycles. The van der Waals surface area contributed by atoms with Crippen molar-refractivity contribution in [2.24, 2.45) is 0 Å². The lowest BCUT2D eigenvalue weighted by Crippen LogP contribution is -2.21. The number of nitrogens with two attached hydrogens (primary N) is 1. The van der Waals surface area contributed by atoms with Crippen LogP contribution in [0.1, 0.15) is 0 Å². The molecule has 38 heavy (non-hydrogen) atoms. The maximum Gasteiger partial charge on any atom is 0.412 e. The summed E-state index contributed by atoms with van der Waals surface area (Å²) < 4.78 is 120. The van der Waals surface area contributed by atoms with Gasteiger partial charge in [-0.3, -0.25) is 13.6 Å². The Kier molecular flexibility index (Phi) is 9.46. The largest absolute Gasteiger partial charge is 0.494 e. The van der Waals surface area contributed by atoms with Gasteiger partial charge in [-0.2, -0.15) is 31.3 Å². The van der Waals surface area contributed by atoms with Crippen molar-refractivity contribution in [2.75, 3.05) is 39.0 Å². The fraction of sp³-hybridized carbons (Fsp3) is 0.421. The van der Waals surface area contributed by atoms with E-state index in [1.807, 2.05) is 0 Å². The molecule has 2 heterocycles. The number of halogens is 7. The van der Waals surface area contributed by atoms with Crippen molar-refractivity contribution in [3.63, 3.8) is 0 Å². The maximum absolute atomic E-state index is 14.0. The second kappa shape index (κ2) is 12.0. The molecule has 0 radical (unpaired) electrons. The van der Waals surface area contributed by atoms with Crippen LogP contribution in [0.4, 0.5) is 36.7 Å². The molecule has 0 bridgehead atoms. The number of rotatable bonds is 12. The highest BCUT2D eigenvalue weighted by molar-refractivity contribution is 7.99. The molecule has 0 aliphatic heterocycles. The number of hydrogen-bond acceptors (Lipinski definition) is 10. The highest BCUT2D eigenvalue weighted by Crippen LogP contribution is 2.50. The van der Waals surface area contributed by atoms with E-state index in [2.05, 4.69) is 24.0 Å².